The van der Waals surface area contributed by atoms with E-state index in [1.54, 1.807) is 24.3 Å². The fourth-order valence-electron chi connectivity index (χ4n) is 2.82. The molecule has 0 bridgehead atoms. The van der Waals surface area contributed by atoms with E-state index in [0.717, 1.165) is 12.8 Å². The molecule has 4 rings (SSSR count). The van der Waals surface area contributed by atoms with Gasteiger partial charge in [0.25, 0.3) is 0 Å². The first-order valence-electron chi connectivity index (χ1n) is 9.20. The van der Waals surface area contributed by atoms with Crippen LogP contribution in [-0.4, -0.2) is 26.4 Å². The minimum absolute atomic E-state index is 0.176. The van der Waals surface area contributed by atoms with Crippen LogP contribution in [0.3, 0.4) is 0 Å². The Kier molecular flexibility index (Phi) is 6.73. The normalized spacial score (nSPS) is 13.3. The minimum atomic E-state index is -0.191. The van der Waals surface area contributed by atoms with Crippen LogP contribution in [0.2, 0.25) is 15.1 Å². The van der Waals surface area contributed by atoms with Crippen LogP contribution in [0.1, 0.15) is 24.7 Å². The summed E-state index contributed by atoms with van der Waals surface area (Å²) in [5.41, 5.74) is 0.518. The molecule has 0 unspecified atom stereocenters. The lowest BCUT2D eigenvalue weighted by atomic mass is 10.3. The smallest absolute Gasteiger partial charge is 0.234 e. The molecule has 3 aromatic rings. The lowest BCUT2D eigenvalue weighted by Crippen LogP contribution is -2.15. The summed E-state index contributed by atoms with van der Waals surface area (Å²) in [5, 5.41) is 13.4. The van der Waals surface area contributed by atoms with Crippen LogP contribution in [0.15, 0.2) is 47.6 Å². The lowest BCUT2D eigenvalue weighted by Gasteiger charge is -2.11. The van der Waals surface area contributed by atoms with Crippen molar-refractivity contribution in [3.63, 3.8) is 0 Å². The number of para-hydroxylation sites is 1. The van der Waals surface area contributed by atoms with Crippen molar-refractivity contribution in [3.8, 4) is 5.75 Å². The molecule has 0 atom stereocenters. The van der Waals surface area contributed by atoms with Gasteiger partial charge < -0.3 is 10.1 Å². The van der Waals surface area contributed by atoms with E-state index in [4.69, 9.17) is 39.5 Å². The number of hydrogen-bond acceptors (Lipinski definition) is 5. The van der Waals surface area contributed by atoms with E-state index in [9.17, 15) is 4.79 Å². The summed E-state index contributed by atoms with van der Waals surface area (Å²) in [6, 6.07) is 12.5. The third-order valence-corrected chi connectivity index (χ3v) is 6.18. The molecule has 6 nitrogen and oxygen atoms in total. The van der Waals surface area contributed by atoms with E-state index in [-0.39, 0.29) is 18.3 Å². The summed E-state index contributed by atoms with van der Waals surface area (Å²) < 4.78 is 7.86. The van der Waals surface area contributed by atoms with Gasteiger partial charge in [-0.15, -0.1) is 10.2 Å². The second-order valence-corrected chi connectivity index (χ2v) is 8.87. The topological polar surface area (TPSA) is 69.0 Å². The first kappa shape index (κ1) is 21.3. The Hall–Kier alpha value is -1.93. The predicted molar refractivity (Wildman–Crippen MR) is 120 cm³/mol. The number of carbonyl (C=O) groups is 1. The molecule has 1 heterocycles. The zero-order chi connectivity index (χ0) is 21.1. The first-order chi connectivity index (χ1) is 14.5. The van der Waals surface area contributed by atoms with Gasteiger partial charge in [0.1, 0.15) is 12.4 Å². The largest absolute Gasteiger partial charge is 0.484 e. The number of nitrogens with zero attached hydrogens (tertiary/aromatic N) is 3. The fraction of sp³-hybridized carbons (Fsp3) is 0.250. The number of halogens is 3. The van der Waals surface area contributed by atoms with E-state index < -0.39 is 0 Å². The summed E-state index contributed by atoms with van der Waals surface area (Å²) in [6.07, 6.45) is 2.11. The molecule has 10 heteroatoms. The van der Waals surface area contributed by atoms with Crippen molar-refractivity contribution in [2.75, 3.05) is 11.1 Å². The Balaban J connectivity index is 1.39. The highest BCUT2D eigenvalue weighted by Gasteiger charge is 2.30. The maximum absolute atomic E-state index is 12.4. The standard InChI is InChI=1S/C20H17Cl3N4O2S/c21-12-5-8-16(15(23)9-12)24-19(28)11-30-20-26-25-18(27(20)13-6-7-13)10-29-17-4-2-1-3-14(17)22/h1-5,8-9,13H,6-7,10-11H2,(H,24,28). The second kappa shape index (κ2) is 9.47. The van der Waals surface area contributed by atoms with Gasteiger partial charge in [0.2, 0.25) is 5.91 Å². The molecule has 1 fully saturated rings. The SMILES string of the molecule is O=C(CSc1nnc(COc2ccccc2Cl)n1C1CC1)Nc1ccc(Cl)cc1Cl. The molecule has 1 aliphatic carbocycles. The number of anilines is 1. The van der Waals surface area contributed by atoms with Crippen molar-refractivity contribution < 1.29 is 9.53 Å². The van der Waals surface area contributed by atoms with Crippen LogP contribution < -0.4 is 10.1 Å². The molecule has 0 radical (unpaired) electrons. The van der Waals surface area contributed by atoms with Gasteiger partial charge in [-0.3, -0.25) is 9.36 Å². The average molecular weight is 484 g/mol. The third-order valence-electron chi connectivity index (χ3n) is 4.38. The Morgan fingerprint density at radius 3 is 2.67 bits per heavy atom. The predicted octanol–water partition coefficient (Wildman–Crippen LogP) is 5.88. The summed E-state index contributed by atoms with van der Waals surface area (Å²) in [7, 11) is 0. The van der Waals surface area contributed by atoms with E-state index in [1.807, 2.05) is 22.8 Å². The van der Waals surface area contributed by atoms with Gasteiger partial charge in [0, 0.05) is 11.1 Å². The number of ether oxygens (including phenoxy) is 1. The molecular formula is C20H17Cl3N4O2S. The van der Waals surface area contributed by atoms with Crippen LogP contribution in [0.25, 0.3) is 0 Å². The molecule has 1 aromatic heterocycles. The molecular weight excluding hydrogens is 467 g/mol. The highest BCUT2D eigenvalue weighted by atomic mass is 35.5. The minimum Gasteiger partial charge on any atom is -0.484 e. The number of hydrogen-bond donors (Lipinski definition) is 1. The summed E-state index contributed by atoms with van der Waals surface area (Å²) in [5.74, 6) is 1.29. The number of carbonyl (C=O) groups excluding carboxylic acids is 1. The molecule has 2 aromatic carbocycles. The van der Waals surface area contributed by atoms with Crippen LogP contribution >= 0.6 is 46.6 Å². The Morgan fingerprint density at radius 2 is 1.93 bits per heavy atom. The van der Waals surface area contributed by atoms with Gasteiger partial charge in [0.15, 0.2) is 11.0 Å². The average Bonchev–Trinajstić information content (AvgIpc) is 3.48. The molecule has 156 valence electrons. The van der Waals surface area contributed by atoms with Gasteiger partial charge in [-0.2, -0.15) is 0 Å². The van der Waals surface area contributed by atoms with E-state index in [0.29, 0.717) is 43.5 Å². The molecule has 0 aliphatic heterocycles. The number of nitrogens with one attached hydrogen (secondary N) is 1. The number of aromatic nitrogens is 3. The lowest BCUT2D eigenvalue weighted by molar-refractivity contribution is -0.113. The van der Waals surface area contributed by atoms with Crippen LogP contribution in [0.5, 0.6) is 5.75 Å². The summed E-state index contributed by atoms with van der Waals surface area (Å²) >= 11 is 19.5. The number of thioether (sulfide) groups is 1. The number of rotatable bonds is 8. The van der Waals surface area contributed by atoms with Crippen molar-refractivity contribution in [1.82, 2.24) is 14.8 Å². The fourth-order valence-corrected chi connectivity index (χ4v) is 4.29. The molecule has 0 spiro atoms. The van der Waals surface area contributed by atoms with E-state index in [1.165, 1.54) is 11.8 Å². The summed E-state index contributed by atoms with van der Waals surface area (Å²) in [4.78, 5) is 12.4. The zero-order valence-corrected chi connectivity index (χ0v) is 18.7. The first-order valence-corrected chi connectivity index (χ1v) is 11.3. The highest BCUT2D eigenvalue weighted by Crippen LogP contribution is 2.39. The highest BCUT2D eigenvalue weighted by molar-refractivity contribution is 7.99. The van der Waals surface area contributed by atoms with Crippen LogP contribution in [0.4, 0.5) is 5.69 Å². The maximum atomic E-state index is 12.4. The van der Waals surface area contributed by atoms with E-state index in [2.05, 4.69) is 15.5 Å². The van der Waals surface area contributed by atoms with Crippen LogP contribution in [-0.2, 0) is 11.4 Å². The van der Waals surface area contributed by atoms with Crippen molar-refractivity contribution in [2.24, 2.45) is 0 Å². The Labute approximate surface area is 192 Å². The van der Waals surface area contributed by atoms with Crippen molar-refractivity contribution >= 4 is 58.2 Å². The number of amides is 1. The van der Waals surface area contributed by atoms with Gasteiger partial charge in [-0.05, 0) is 43.2 Å². The van der Waals surface area contributed by atoms with Crippen molar-refractivity contribution in [2.45, 2.75) is 30.6 Å². The molecule has 1 N–H and O–H groups in total. The van der Waals surface area contributed by atoms with E-state index >= 15 is 0 Å². The monoisotopic (exact) mass is 482 g/mol. The Bertz CT molecular complexity index is 1070. The molecule has 1 aliphatic rings. The second-order valence-electron chi connectivity index (χ2n) is 6.68. The number of benzene rings is 2. The molecule has 1 saturated carbocycles. The molecule has 30 heavy (non-hydrogen) atoms. The quantitative estimate of drug-likeness (QED) is 0.405. The Morgan fingerprint density at radius 1 is 1.13 bits per heavy atom. The summed E-state index contributed by atoms with van der Waals surface area (Å²) in [6.45, 7) is 0.250. The van der Waals surface area contributed by atoms with Crippen molar-refractivity contribution in [3.05, 3.63) is 63.4 Å². The molecule has 0 saturated heterocycles. The van der Waals surface area contributed by atoms with Gasteiger partial charge >= 0.3 is 0 Å². The van der Waals surface area contributed by atoms with Crippen molar-refractivity contribution in [1.29, 1.82) is 0 Å². The van der Waals surface area contributed by atoms with Gasteiger partial charge in [-0.1, -0.05) is 58.7 Å². The van der Waals surface area contributed by atoms with Gasteiger partial charge in [-0.25, -0.2) is 0 Å². The van der Waals surface area contributed by atoms with Gasteiger partial charge in [0.05, 0.1) is 21.5 Å². The maximum Gasteiger partial charge on any atom is 0.234 e. The zero-order valence-electron chi connectivity index (χ0n) is 15.6. The third kappa shape index (κ3) is 5.21. The molecule has 1 amide bonds. The van der Waals surface area contributed by atoms with Crippen LogP contribution in [0, 0.1) is 0 Å².